The second kappa shape index (κ2) is 13.8. The zero-order chi connectivity index (χ0) is 29.0. The molecule has 11 nitrogen and oxygen atoms in total. The van der Waals surface area contributed by atoms with Crippen LogP contribution in [0, 0.1) is 0 Å². The molecule has 0 bridgehead atoms. The summed E-state index contributed by atoms with van der Waals surface area (Å²) >= 11 is 0. The van der Waals surface area contributed by atoms with Crippen molar-refractivity contribution in [2.24, 2.45) is 11.5 Å². The van der Waals surface area contributed by atoms with Crippen molar-refractivity contribution in [1.29, 1.82) is 0 Å². The summed E-state index contributed by atoms with van der Waals surface area (Å²) in [5, 5.41) is 2.70. The summed E-state index contributed by atoms with van der Waals surface area (Å²) in [4.78, 5) is 47.8. The molecule has 1 aromatic heterocycles. The molecule has 5 N–H and O–H groups in total. The zero-order valence-corrected chi connectivity index (χ0v) is 25.4. The van der Waals surface area contributed by atoms with Gasteiger partial charge in [-0.1, -0.05) is 19.1 Å². The summed E-state index contributed by atoms with van der Waals surface area (Å²) in [6, 6.07) is 10.5. The molecule has 1 aromatic carbocycles. The van der Waals surface area contributed by atoms with E-state index in [4.69, 9.17) is 11.5 Å². The average molecular weight is 589 g/mol. The van der Waals surface area contributed by atoms with Crippen LogP contribution in [0.5, 0.6) is 0 Å². The van der Waals surface area contributed by atoms with E-state index >= 15 is 0 Å². The molecule has 2 aromatic rings. The molecule has 1 aliphatic heterocycles. The highest BCUT2D eigenvalue weighted by Gasteiger charge is 2.32. The number of nitrogens with one attached hydrogen (secondary N) is 1. The van der Waals surface area contributed by atoms with Gasteiger partial charge in [0.05, 0.1) is 11.2 Å². The molecule has 0 spiro atoms. The van der Waals surface area contributed by atoms with Crippen LogP contribution in [0.25, 0.3) is 5.69 Å². The van der Waals surface area contributed by atoms with Gasteiger partial charge < -0.3 is 21.3 Å². The van der Waals surface area contributed by atoms with Gasteiger partial charge in [-0.3, -0.25) is 19.6 Å². The van der Waals surface area contributed by atoms with Gasteiger partial charge in [0, 0.05) is 50.5 Å². The molecule has 2 aliphatic rings. The first-order valence-corrected chi connectivity index (χ1v) is 14.3. The number of anilines is 1. The van der Waals surface area contributed by atoms with E-state index in [0.29, 0.717) is 50.0 Å². The molecule has 1 unspecified atom stereocenters. The van der Waals surface area contributed by atoms with Crippen LogP contribution in [0.15, 0.2) is 41.3 Å². The highest BCUT2D eigenvalue weighted by atomic mass is 35.5. The Morgan fingerprint density at radius 3 is 2.27 bits per heavy atom. The number of likely N-dealkylation sites (N-methyl/N-ethyl adjacent to an activating group) is 1. The third kappa shape index (κ3) is 8.06. The molecule has 1 saturated heterocycles. The van der Waals surface area contributed by atoms with Crippen LogP contribution >= 0.6 is 12.4 Å². The van der Waals surface area contributed by atoms with E-state index in [2.05, 4.69) is 41.2 Å². The van der Waals surface area contributed by atoms with Crippen molar-refractivity contribution in [3.8, 4) is 5.69 Å². The summed E-state index contributed by atoms with van der Waals surface area (Å²) in [7, 11) is 0. The lowest BCUT2D eigenvalue weighted by Crippen LogP contribution is -2.58. The molecule has 2 heterocycles. The smallest absolute Gasteiger partial charge is 0.338 e. The van der Waals surface area contributed by atoms with Gasteiger partial charge >= 0.3 is 11.7 Å². The minimum absolute atomic E-state index is 0. The van der Waals surface area contributed by atoms with Crippen LogP contribution in [0.4, 0.5) is 10.6 Å². The van der Waals surface area contributed by atoms with Crippen LogP contribution in [0.1, 0.15) is 52.5 Å². The Labute approximate surface area is 248 Å². The number of urea groups is 1. The maximum absolute atomic E-state index is 12.8. The first kappa shape index (κ1) is 32.5. The van der Waals surface area contributed by atoms with E-state index in [1.807, 2.05) is 12.1 Å². The number of carbonyl (C=O) groups excluding carboxylic acids is 2. The van der Waals surface area contributed by atoms with Gasteiger partial charge in [-0.2, -0.15) is 4.98 Å². The number of benzene rings is 1. The van der Waals surface area contributed by atoms with Gasteiger partial charge in [0.25, 0.3) is 0 Å². The van der Waals surface area contributed by atoms with E-state index in [-0.39, 0.29) is 30.2 Å². The molecular formula is C29H45ClN8O3. The standard InChI is InChI=1S/C29H44N8O3.ClH/c1-5-36(24-11-8-22(30)19-24)20(2)18-21-6-9-23(10-7-21)37-13-12-25(33-28(37)40)32-27(39)35-16-14-34(15-17-35)26(38)29(3,4)31;/h6-7,9-10,12-13,20,22,24H,5,8,11,14-19,30-31H2,1-4H3,(H,32,33,39,40);1H/t20?,22-,24-;/m0./s1. The zero-order valence-electron chi connectivity index (χ0n) is 24.6. The number of hydrogen-bond donors (Lipinski definition) is 3. The van der Waals surface area contributed by atoms with Crippen LogP contribution in [0.3, 0.4) is 0 Å². The number of halogens is 1. The topological polar surface area (TPSA) is 143 Å². The number of nitrogens with zero attached hydrogens (tertiary/aromatic N) is 5. The lowest BCUT2D eigenvalue weighted by Gasteiger charge is -2.37. The van der Waals surface area contributed by atoms with Crippen molar-refractivity contribution < 1.29 is 9.59 Å². The second-order valence-electron chi connectivity index (χ2n) is 11.7. The monoisotopic (exact) mass is 588 g/mol. The average Bonchev–Trinajstić information content (AvgIpc) is 3.34. The molecule has 0 radical (unpaired) electrons. The fourth-order valence-corrected chi connectivity index (χ4v) is 5.85. The third-order valence-electron chi connectivity index (χ3n) is 8.04. The lowest BCUT2D eigenvalue weighted by atomic mass is 10.0. The summed E-state index contributed by atoms with van der Waals surface area (Å²) < 4.78 is 1.46. The fourth-order valence-electron chi connectivity index (χ4n) is 5.85. The van der Waals surface area contributed by atoms with Crippen LogP contribution < -0.4 is 22.5 Å². The number of nitrogens with two attached hydrogens (primary N) is 2. The minimum Gasteiger partial charge on any atom is -0.338 e. The van der Waals surface area contributed by atoms with E-state index < -0.39 is 11.2 Å². The van der Waals surface area contributed by atoms with E-state index in [9.17, 15) is 14.4 Å². The molecule has 12 heteroatoms. The van der Waals surface area contributed by atoms with Gasteiger partial charge in [0.2, 0.25) is 5.91 Å². The van der Waals surface area contributed by atoms with Gasteiger partial charge in [0.15, 0.2) is 0 Å². The lowest BCUT2D eigenvalue weighted by molar-refractivity contribution is -0.137. The maximum atomic E-state index is 12.8. The summed E-state index contributed by atoms with van der Waals surface area (Å²) in [5.74, 6) is 0.0437. The Balaban J connectivity index is 0.00000462. The molecule has 226 valence electrons. The number of carbonyl (C=O) groups is 2. The molecule has 2 fully saturated rings. The van der Waals surface area contributed by atoms with Gasteiger partial charge in [-0.25, -0.2) is 9.59 Å². The number of amides is 3. The number of aromatic nitrogens is 2. The summed E-state index contributed by atoms with van der Waals surface area (Å²) in [6.45, 7) is 10.4. The summed E-state index contributed by atoms with van der Waals surface area (Å²) in [6.07, 6.45) is 5.86. The van der Waals surface area contributed by atoms with Crippen molar-refractivity contribution >= 4 is 30.2 Å². The molecule has 3 amide bonds. The van der Waals surface area contributed by atoms with Crippen molar-refractivity contribution in [2.45, 2.75) is 77.0 Å². The largest absolute Gasteiger partial charge is 0.354 e. The van der Waals surface area contributed by atoms with E-state index in [1.165, 1.54) is 10.1 Å². The highest BCUT2D eigenvalue weighted by molar-refractivity contribution is 5.89. The van der Waals surface area contributed by atoms with Crippen molar-refractivity contribution in [2.75, 3.05) is 38.0 Å². The first-order valence-electron chi connectivity index (χ1n) is 14.3. The maximum Gasteiger partial charge on any atom is 0.354 e. The SMILES string of the molecule is CCN(C(C)Cc1ccc(-n2ccc(NC(=O)N3CCN(C(=O)C(C)(C)N)CC3)nc2=O)cc1)[C@H]1CC[C@H](N)C1.Cl. The minimum atomic E-state index is -0.947. The van der Waals surface area contributed by atoms with Gasteiger partial charge in [-0.15, -0.1) is 12.4 Å². The van der Waals surface area contributed by atoms with Crippen molar-refractivity contribution in [3.63, 3.8) is 0 Å². The van der Waals surface area contributed by atoms with Crippen molar-refractivity contribution in [3.05, 3.63) is 52.6 Å². The van der Waals surface area contributed by atoms with E-state index in [0.717, 1.165) is 32.2 Å². The van der Waals surface area contributed by atoms with Crippen LogP contribution in [0.2, 0.25) is 0 Å². The predicted octanol–water partition coefficient (Wildman–Crippen LogP) is 2.20. The Morgan fingerprint density at radius 2 is 1.73 bits per heavy atom. The quantitative estimate of drug-likeness (QED) is 0.429. The van der Waals surface area contributed by atoms with Crippen molar-refractivity contribution in [1.82, 2.24) is 24.3 Å². The Hall–Kier alpha value is -2.99. The summed E-state index contributed by atoms with van der Waals surface area (Å²) in [5.41, 5.74) is 12.6. The highest BCUT2D eigenvalue weighted by Crippen LogP contribution is 2.25. The van der Waals surface area contributed by atoms with E-state index in [1.54, 1.807) is 35.9 Å². The fraction of sp³-hybridized carbons (Fsp3) is 0.586. The normalized spacial score (nSPS) is 20.1. The Kier molecular flexibility index (Phi) is 10.9. The van der Waals surface area contributed by atoms with Gasteiger partial charge in [-0.05, 0) is 76.8 Å². The molecule has 1 saturated carbocycles. The molecule has 4 rings (SSSR count). The molecule has 41 heavy (non-hydrogen) atoms. The molecule has 3 atom stereocenters. The second-order valence-corrected chi connectivity index (χ2v) is 11.7. The molecular weight excluding hydrogens is 544 g/mol. The number of rotatable bonds is 8. The van der Waals surface area contributed by atoms with Gasteiger partial charge in [0.1, 0.15) is 5.82 Å². The Bertz CT molecular complexity index is 1240. The third-order valence-corrected chi connectivity index (χ3v) is 8.04. The Morgan fingerprint density at radius 1 is 1.10 bits per heavy atom. The van der Waals surface area contributed by atoms with Crippen LogP contribution in [-0.2, 0) is 11.2 Å². The molecule has 1 aliphatic carbocycles. The number of piperazine rings is 1. The predicted molar refractivity (Wildman–Crippen MR) is 164 cm³/mol. The number of hydrogen-bond acceptors (Lipinski definition) is 7. The first-order chi connectivity index (χ1) is 19.0. The van der Waals surface area contributed by atoms with Crippen LogP contribution in [-0.4, -0.2) is 92.6 Å².